The molecule has 0 fully saturated rings. The summed E-state index contributed by atoms with van der Waals surface area (Å²) in [5.74, 6) is -18.0. The average molecular weight is 1460 g/mol. The fraction of sp³-hybridized carbons (Fsp3) is 0.200. The molecule has 0 bridgehead atoms. The molecule has 12 aromatic carbocycles. The number of hydrogen-bond donors (Lipinski definition) is 0. The van der Waals surface area contributed by atoms with Crippen molar-refractivity contribution in [1.29, 1.82) is 0 Å². The van der Waals surface area contributed by atoms with Crippen molar-refractivity contribution in [3.63, 3.8) is 0 Å². The molecule has 0 amide bonds. The summed E-state index contributed by atoms with van der Waals surface area (Å²) in [6.45, 7) is 13.9. The molecule has 0 saturated carbocycles. The Bertz CT molecular complexity index is 5080. The van der Waals surface area contributed by atoms with Crippen LogP contribution in [0.4, 0.5) is 70.2 Å². The van der Waals surface area contributed by atoms with Crippen molar-refractivity contribution in [1.82, 2.24) is 0 Å². The van der Waals surface area contributed by atoms with Gasteiger partial charge in [-0.05, 0) is 133 Å². The van der Waals surface area contributed by atoms with Crippen molar-refractivity contribution in [2.75, 3.05) is 0 Å². The third-order valence-electron chi connectivity index (χ3n) is 18.5. The quantitative estimate of drug-likeness (QED) is 0.0593. The smallest absolute Gasteiger partial charge is 0.167 e. The number of benzene rings is 12. The number of halogens is 16. The van der Waals surface area contributed by atoms with Gasteiger partial charge in [-0.1, -0.05) is 248 Å². The maximum Gasteiger partial charge on any atom is 0.167 e. The summed E-state index contributed by atoms with van der Waals surface area (Å²) in [6, 6.07) is 50.0. The molecule has 12 rings (SSSR count). The summed E-state index contributed by atoms with van der Waals surface area (Å²) in [5, 5.41) is 0. The first-order chi connectivity index (χ1) is 50.7. The van der Waals surface area contributed by atoms with Crippen LogP contribution in [0.25, 0.3) is 89.0 Å². The van der Waals surface area contributed by atoms with Crippen LogP contribution in [-0.4, -0.2) is 0 Å². The Labute approximate surface area is 607 Å². The van der Waals surface area contributed by atoms with E-state index in [-0.39, 0.29) is 89.0 Å². The first-order valence-electron chi connectivity index (χ1n) is 34.8. The third kappa shape index (κ3) is 17.9. The molecular weight excluding hydrogens is 1380 g/mol. The van der Waals surface area contributed by atoms with Crippen molar-refractivity contribution in [3.05, 3.63) is 332 Å². The van der Waals surface area contributed by atoms with Crippen molar-refractivity contribution in [3.8, 4) is 89.0 Å². The molecule has 0 atom stereocenters. The largest absolute Gasteiger partial charge is 0.203 e. The molecule has 0 unspecified atom stereocenters. The lowest BCUT2D eigenvalue weighted by molar-refractivity contribution is 0.499. The molecule has 12 aromatic rings. The summed E-state index contributed by atoms with van der Waals surface area (Å²) < 4.78 is 229. The standard InChI is InChI=1S/C24H22F4.C23H20F4.C22H18F4.C21H16F4/c1-3-4-5-6-16-8-10-17(11-9-16)18-13-14-20(24(28)22(18)26)19-12-7-15(2)21(25)23(19)27;1-3-4-5-15-7-9-16(10-8-15)17-12-13-19(23(27)21(17)25)18-11-6-14(2)20(24)22(18)26;1-3-4-14-6-8-15(9-7-14)16-11-12-18(22(26)20(16)24)17-10-5-13(2)19(23)21(17)25;1-3-13-5-7-14(8-6-13)15-10-11-17(21(25)19(15)23)16-9-4-12(2)18(22)20(16)24/h7-14H,3-6H2,1-2H3;6-13H,3-5H2,1-2H3;5-12H,3-4H2,1-2H3;4-11H,3H2,1-2H3. The lowest BCUT2D eigenvalue weighted by Crippen LogP contribution is -1.98. The first kappa shape index (κ1) is 79.6. The monoisotopic (exact) mass is 1460 g/mol. The van der Waals surface area contributed by atoms with Gasteiger partial charge in [0.05, 0.1) is 0 Å². The third-order valence-corrected chi connectivity index (χ3v) is 18.5. The van der Waals surface area contributed by atoms with E-state index in [1.807, 2.05) is 55.5 Å². The molecule has 0 N–H and O–H groups in total. The highest BCUT2D eigenvalue weighted by atomic mass is 19.2. The zero-order chi connectivity index (χ0) is 76.8. The number of hydrogen-bond acceptors (Lipinski definition) is 0. The topological polar surface area (TPSA) is 0 Å². The van der Waals surface area contributed by atoms with Gasteiger partial charge < -0.3 is 0 Å². The second-order valence-corrected chi connectivity index (χ2v) is 25.8. The highest BCUT2D eigenvalue weighted by Crippen LogP contribution is 2.40. The average Bonchev–Trinajstić information content (AvgIpc) is 0.798. The van der Waals surface area contributed by atoms with E-state index in [1.165, 1.54) is 125 Å². The lowest BCUT2D eigenvalue weighted by atomic mass is 9.96. The van der Waals surface area contributed by atoms with Gasteiger partial charge in [0.2, 0.25) is 0 Å². The molecule has 0 aliphatic heterocycles. The molecule has 106 heavy (non-hydrogen) atoms. The van der Waals surface area contributed by atoms with E-state index in [1.54, 1.807) is 48.5 Å². The SMILES string of the molecule is CCCCCc1ccc(-c2ccc(-c3ccc(C)c(F)c3F)c(F)c2F)cc1.CCCCc1ccc(-c2ccc(-c3ccc(C)c(F)c3F)c(F)c2F)cc1.CCCc1ccc(-c2ccc(-c3ccc(C)c(F)c3F)c(F)c2F)cc1.CCc1ccc(-c2ccc(-c3ccc(C)c(F)c3F)c(F)c2F)cc1. The summed E-state index contributed by atoms with van der Waals surface area (Å²) in [7, 11) is 0. The lowest BCUT2D eigenvalue weighted by Gasteiger charge is -2.11. The van der Waals surface area contributed by atoms with Crippen LogP contribution >= 0.6 is 0 Å². The predicted molar refractivity (Wildman–Crippen MR) is 393 cm³/mol. The maximum atomic E-state index is 14.7. The van der Waals surface area contributed by atoms with Gasteiger partial charge in [0.15, 0.2) is 93.1 Å². The van der Waals surface area contributed by atoms with Crippen molar-refractivity contribution in [2.24, 2.45) is 0 Å². The molecular formula is C90H76F16. The van der Waals surface area contributed by atoms with Crippen LogP contribution in [0.5, 0.6) is 0 Å². The minimum absolute atomic E-state index is 0.0805. The zero-order valence-electron chi connectivity index (χ0n) is 59.6. The van der Waals surface area contributed by atoms with Crippen LogP contribution in [0, 0.1) is 121 Å². The Balaban J connectivity index is 0.000000164. The van der Waals surface area contributed by atoms with Gasteiger partial charge in [0.25, 0.3) is 0 Å². The Morgan fingerprint density at radius 1 is 0.170 bits per heavy atom. The van der Waals surface area contributed by atoms with Gasteiger partial charge in [-0.15, -0.1) is 0 Å². The summed E-state index contributed by atoms with van der Waals surface area (Å²) in [4.78, 5) is 0. The Hall–Kier alpha value is -10.5. The second-order valence-electron chi connectivity index (χ2n) is 25.8. The van der Waals surface area contributed by atoms with Gasteiger partial charge in [-0.25, -0.2) is 70.2 Å². The molecule has 0 heterocycles. The zero-order valence-corrected chi connectivity index (χ0v) is 59.6. The van der Waals surface area contributed by atoms with Crippen LogP contribution in [-0.2, 0) is 25.7 Å². The van der Waals surface area contributed by atoms with E-state index in [4.69, 9.17) is 0 Å². The molecule has 548 valence electrons. The number of aryl methyl sites for hydroxylation is 8. The molecule has 0 saturated heterocycles. The van der Waals surface area contributed by atoms with Gasteiger partial charge in [-0.2, -0.15) is 0 Å². The molecule has 0 aliphatic carbocycles. The number of rotatable bonds is 18. The summed E-state index contributed by atoms with van der Waals surface area (Å²) >= 11 is 0. The van der Waals surface area contributed by atoms with Crippen molar-refractivity contribution in [2.45, 2.75) is 120 Å². The Morgan fingerprint density at radius 2 is 0.358 bits per heavy atom. The van der Waals surface area contributed by atoms with E-state index in [0.717, 1.165) is 86.5 Å². The van der Waals surface area contributed by atoms with Crippen LogP contribution in [0.1, 0.15) is 111 Å². The van der Waals surface area contributed by atoms with Crippen molar-refractivity contribution < 1.29 is 70.2 Å². The molecule has 0 radical (unpaired) electrons. The van der Waals surface area contributed by atoms with E-state index < -0.39 is 93.1 Å². The van der Waals surface area contributed by atoms with Gasteiger partial charge in [-0.3, -0.25) is 0 Å². The summed E-state index contributed by atoms with van der Waals surface area (Å²) in [5.41, 5.74) is 5.00. The van der Waals surface area contributed by atoms with Crippen molar-refractivity contribution >= 4 is 0 Å². The Morgan fingerprint density at radius 3 is 0.585 bits per heavy atom. The molecule has 16 heteroatoms. The maximum absolute atomic E-state index is 14.7. The fourth-order valence-electron chi connectivity index (χ4n) is 12.1. The van der Waals surface area contributed by atoms with E-state index in [9.17, 15) is 70.2 Å². The highest BCUT2D eigenvalue weighted by molar-refractivity contribution is 5.77. The van der Waals surface area contributed by atoms with E-state index in [2.05, 4.69) is 20.8 Å². The Kier molecular flexibility index (Phi) is 27.1. The minimum atomic E-state index is -1.20. The van der Waals surface area contributed by atoms with E-state index in [0.29, 0.717) is 22.3 Å². The second kappa shape index (κ2) is 36.0. The highest BCUT2D eigenvalue weighted by Gasteiger charge is 2.26. The minimum Gasteiger partial charge on any atom is -0.203 e. The first-order valence-corrected chi connectivity index (χ1v) is 34.8. The molecule has 0 aromatic heterocycles. The number of unbranched alkanes of at least 4 members (excludes halogenated alkanes) is 3. The van der Waals surface area contributed by atoms with Crippen LogP contribution in [0.3, 0.4) is 0 Å². The van der Waals surface area contributed by atoms with Crippen LogP contribution in [0.15, 0.2) is 194 Å². The molecule has 0 spiro atoms. The van der Waals surface area contributed by atoms with Crippen LogP contribution in [0.2, 0.25) is 0 Å². The van der Waals surface area contributed by atoms with Gasteiger partial charge in [0, 0.05) is 66.8 Å². The molecule has 0 aliphatic rings. The van der Waals surface area contributed by atoms with Gasteiger partial charge >= 0.3 is 0 Å². The summed E-state index contributed by atoms with van der Waals surface area (Å²) in [6.07, 6.45) is 10.2. The fourth-order valence-corrected chi connectivity index (χ4v) is 12.1. The predicted octanol–water partition coefficient (Wildman–Crippen LogP) is 28.1. The normalized spacial score (nSPS) is 11.0. The van der Waals surface area contributed by atoms with Gasteiger partial charge in [0.1, 0.15) is 0 Å². The molecule has 0 nitrogen and oxygen atoms in total. The van der Waals surface area contributed by atoms with E-state index >= 15 is 0 Å². The van der Waals surface area contributed by atoms with Crippen LogP contribution < -0.4 is 0 Å².